The molecule has 0 N–H and O–H groups in total. The quantitative estimate of drug-likeness (QED) is 0.377. The van der Waals surface area contributed by atoms with Gasteiger partial charge in [-0.1, -0.05) is 12.1 Å². The van der Waals surface area contributed by atoms with Crippen LogP contribution in [-0.4, -0.2) is 57.6 Å². The fourth-order valence-corrected chi connectivity index (χ4v) is 4.71. The van der Waals surface area contributed by atoms with Crippen molar-refractivity contribution < 1.29 is 0 Å². The second-order valence-electron chi connectivity index (χ2n) is 9.17. The van der Waals surface area contributed by atoms with Crippen LogP contribution in [0.25, 0.3) is 38.9 Å². The van der Waals surface area contributed by atoms with E-state index < -0.39 is 0 Å². The molecule has 5 aromatic rings. The van der Waals surface area contributed by atoms with Crippen molar-refractivity contribution in [1.29, 1.82) is 0 Å². The van der Waals surface area contributed by atoms with Gasteiger partial charge in [0.15, 0.2) is 0 Å². The standard InChI is InChI=1S/C28H26N6O/c1-19-4-3-5-22(16-19)34-26(35)11-7-21-18-29-24-9-8-23(31-27(24)28(21)34)20-6-10-25(30-17-20)33-14-12-32(2)13-15-33/h3-11,16-18H,12-15H2,1-2H3. The van der Waals surface area contributed by atoms with Crippen molar-refractivity contribution in [1.82, 2.24) is 24.4 Å². The molecular formula is C28H26N6O. The van der Waals surface area contributed by atoms with E-state index in [1.54, 1.807) is 16.8 Å². The van der Waals surface area contributed by atoms with E-state index >= 15 is 0 Å². The maximum absolute atomic E-state index is 13.0. The van der Waals surface area contributed by atoms with Crippen LogP contribution >= 0.6 is 0 Å². The summed E-state index contributed by atoms with van der Waals surface area (Å²) >= 11 is 0. The molecule has 1 aliphatic rings. The minimum atomic E-state index is -0.0963. The number of hydrogen-bond donors (Lipinski definition) is 0. The molecule has 1 aliphatic heterocycles. The molecule has 4 aromatic heterocycles. The molecule has 0 spiro atoms. The third kappa shape index (κ3) is 3.94. The van der Waals surface area contributed by atoms with Gasteiger partial charge < -0.3 is 9.80 Å². The SMILES string of the molecule is Cc1cccc(-n2c(=O)ccc3cnc4ccc(-c5ccc(N6CCN(C)CC6)nc5)nc4c32)c1. The van der Waals surface area contributed by atoms with E-state index in [1.807, 2.05) is 55.6 Å². The second-order valence-corrected chi connectivity index (χ2v) is 9.17. The Kier molecular flexibility index (Phi) is 5.26. The zero-order chi connectivity index (χ0) is 23.9. The van der Waals surface area contributed by atoms with E-state index in [4.69, 9.17) is 9.97 Å². The van der Waals surface area contributed by atoms with Crippen molar-refractivity contribution in [2.24, 2.45) is 0 Å². The predicted octanol–water partition coefficient (Wildman–Crippen LogP) is 4.06. The van der Waals surface area contributed by atoms with Crippen molar-refractivity contribution in [3.63, 3.8) is 0 Å². The number of piperazine rings is 1. The average Bonchev–Trinajstić information content (AvgIpc) is 2.89. The zero-order valence-corrected chi connectivity index (χ0v) is 19.8. The summed E-state index contributed by atoms with van der Waals surface area (Å²) in [5, 5.41) is 0.867. The Balaban J connectivity index is 1.48. The lowest BCUT2D eigenvalue weighted by molar-refractivity contribution is 0.312. The molecule has 0 saturated carbocycles. The summed E-state index contributed by atoms with van der Waals surface area (Å²) < 4.78 is 1.73. The van der Waals surface area contributed by atoms with Gasteiger partial charge in [0, 0.05) is 61.3 Å². The Morgan fingerprint density at radius 2 is 1.71 bits per heavy atom. The molecule has 0 bridgehead atoms. The average molecular weight is 463 g/mol. The number of benzene rings is 1. The van der Waals surface area contributed by atoms with Crippen LogP contribution in [0.3, 0.4) is 0 Å². The molecule has 0 amide bonds. The van der Waals surface area contributed by atoms with Crippen LogP contribution < -0.4 is 10.5 Å². The number of aromatic nitrogens is 4. The summed E-state index contributed by atoms with van der Waals surface area (Å²) in [5.74, 6) is 0.989. The fourth-order valence-electron chi connectivity index (χ4n) is 4.71. The molecule has 35 heavy (non-hydrogen) atoms. The highest BCUT2D eigenvalue weighted by atomic mass is 16.1. The number of rotatable bonds is 3. The van der Waals surface area contributed by atoms with Gasteiger partial charge >= 0.3 is 0 Å². The number of anilines is 1. The fraction of sp³-hybridized carbons (Fsp3) is 0.214. The molecule has 0 radical (unpaired) electrons. The normalized spacial score (nSPS) is 14.6. The van der Waals surface area contributed by atoms with E-state index in [-0.39, 0.29) is 5.56 Å². The first-order valence-electron chi connectivity index (χ1n) is 11.9. The summed E-state index contributed by atoms with van der Waals surface area (Å²) in [7, 11) is 2.15. The molecule has 0 aliphatic carbocycles. The summed E-state index contributed by atoms with van der Waals surface area (Å²) in [6.45, 7) is 6.06. The Bertz CT molecular complexity index is 1600. The number of pyridine rings is 4. The van der Waals surface area contributed by atoms with Crippen LogP contribution in [0.5, 0.6) is 0 Å². The topological polar surface area (TPSA) is 67.2 Å². The molecule has 1 fully saturated rings. The lowest BCUT2D eigenvalue weighted by atomic mass is 10.1. The van der Waals surface area contributed by atoms with Crippen LogP contribution in [0, 0.1) is 6.92 Å². The number of aryl methyl sites for hydroxylation is 1. The molecule has 7 nitrogen and oxygen atoms in total. The summed E-state index contributed by atoms with van der Waals surface area (Å²) in [6, 6.07) is 19.4. The molecule has 1 aromatic carbocycles. The van der Waals surface area contributed by atoms with Crippen LogP contribution in [0.1, 0.15) is 5.56 Å². The van der Waals surface area contributed by atoms with E-state index in [2.05, 4.69) is 34.0 Å². The van der Waals surface area contributed by atoms with Crippen molar-refractivity contribution >= 4 is 27.8 Å². The largest absolute Gasteiger partial charge is 0.354 e. The highest BCUT2D eigenvalue weighted by Gasteiger charge is 2.16. The lowest BCUT2D eigenvalue weighted by Crippen LogP contribution is -2.44. The minimum absolute atomic E-state index is 0.0963. The number of fused-ring (bicyclic) bond motifs is 3. The Hall–Kier alpha value is -4.10. The van der Waals surface area contributed by atoms with E-state index in [9.17, 15) is 4.79 Å². The highest BCUT2D eigenvalue weighted by Crippen LogP contribution is 2.27. The van der Waals surface area contributed by atoms with Gasteiger partial charge in [-0.2, -0.15) is 0 Å². The van der Waals surface area contributed by atoms with Crippen molar-refractivity contribution in [2.75, 3.05) is 38.1 Å². The van der Waals surface area contributed by atoms with Crippen molar-refractivity contribution in [3.8, 4) is 16.9 Å². The summed E-state index contributed by atoms with van der Waals surface area (Å²) in [5.41, 5.74) is 5.75. The zero-order valence-electron chi connectivity index (χ0n) is 19.8. The van der Waals surface area contributed by atoms with Gasteiger partial charge in [-0.05, 0) is 62.0 Å². The number of nitrogens with zero attached hydrogens (tertiary/aromatic N) is 6. The van der Waals surface area contributed by atoms with Crippen molar-refractivity contribution in [3.05, 3.63) is 89.0 Å². The minimum Gasteiger partial charge on any atom is -0.354 e. The highest BCUT2D eigenvalue weighted by molar-refractivity contribution is 6.02. The van der Waals surface area contributed by atoms with E-state index in [0.29, 0.717) is 5.52 Å². The first kappa shape index (κ1) is 21.4. The Labute approximate surface area is 203 Å². The number of hydrogen-bond acceptors (Lipinski definition) is 6. The van der Waals surface area contributed by atoms with Crippen LogP contribution in [0.2, 0.25) is 0 Å². The van der Waals surface area contributed by atoms with Gasteiger partial charge in [0.1, 0.15) is 11.3 Å². The van der Waals surface area contributed by atoms with Gasteiger partial charge in [-0.15, -0.1) is 0 Å². The maximum atomic E-state index is 13.0. The van der Waals surface area contributed by atoms with Gasteiger partial charge in [-0.3, -0.25) is 14.3 Å². The lowest BCUT2D eigenvalue weighted by Gasteiger charge is -2.33. The third-order valence-electron chi connectivity index (χ3n) is 6.69. The van der Waals surface area contributed by atoms with E-state index in [0.717, 1.165) is 70.9 Å². The first-order valence-corrected chi connectivity index (χ1v) is 11.9. The molecule has 7 heteroatoms. The van der Waals surface area contributed by atoms with Gasteiger partial charge in [0.05, 0.1) is 16.7 Å². The van der Waals surface area contributed by atoms with Crippen LogP contribution in [0.4, 0.5) is 5.82 Å². The second kappa shape index (κ2) is 8.60. The smallest absolute Gasteiger partial charge is 0.255 e. The van der Waals surface area contributed by atoms with Crippen LogP contribution in [-0.2, 0) is 0 Å². The Morgan fingerprint density at radius 3 is 2.49 bits per heavy atom. The molecule has 5 heterocycles. The van der Waals surface area contributed by atoms with Gasteiger partial charge in [0.25, 0.3) is 5.56 Å². The first-order chi connectivity index (χ1) is 17.1. The summed E-state index contributed by atoms with van der Waals surface area (Å²) in [4.78, 5) is 32.0. The molecule has 0 atom stereocenters. The molecule has 0 unspecified atom stereocenters. The predicted molar refractivity (Wildman–Crippen MR) is 140 cm³/mol. The number of likely N-dealkylation sites (N-methyl/N-ethyl adjacent to an activating group) is 1. The van der Waals surface area contributed by atoms with Crippen molar-refractivity contribution in [2.45, 2.75) is 6.92 Å². The van der Waals surface area contributed by atoms with Crippen LogP contribution in [0.15, 0.2) is 77.9 Å². The van der Waals surface area contributed by atoms with Gasteiger partial charge in [0.2, 0.25) is 0 Å². The molecule has 1 saturated heterocycles. The third-order valence-corrected chi connectivity index (χ3v) is 6.69. The Morgan fingerprint density at radius 1 is 0.857 bits per heavy atom. The monoisotopic (exact) mass is 462 g/mol. The summed E-state index contributed by atoms with van der Waals surface area (Å²) in [6.07, 6.45) is 3.69. The molecule has 174 valence electrons. The maximum Gasteiger partial charge on any atom is 0.255 e. The van der Waals surface area contributed by atoms with Gasteiger partial charge in [-0.25, -0.2) is 9.97 Å². The van der Waals surface area contributed by atoms with E-state index in [1.165, 1.54) is 0 Å². The molecular weight excluding hydrogens is 436 g/mol. The molecule has 6 rings (SSSR count).